The molecule has 42 nitrogen and oxygen atoms in total. The molecule has 9 heterocycles. The Morgan fingerprint density at radius 3 is 1.32 bits per heavy atom. The highest BCUT2D eigenvalue weighted by molar-refractivity contribution is 8.00. The summed E-state index contributed by atoms with van der Waals surface area (Å²) in [4.78, 5) is 166. The monoisotopic (exact) mass is 1840 g/mol. The third-order valence-electron chi connectivity index (χ3n) is 17.5. The molecule has 11 aromatic rings. The molecule has 6 aromatic heterocycles. The molecule has 0 spiro atoms. The van der Waals surface area contributed by atoms with Crippen molar-refractivity contribution in [2.45, 2.75) is 79.1 Å². The number of thiol groups is 1. The van der Waals surface area contributed by atoms with Gasteiger partial charge in [0.25, 0.3) is 57.3 Å². The van der Waals surface area contributed by atoms with Crippen molar-refractivity contribution in [1.82, 2.24) is 65.0 Å². The number of carbonyl (C=O) groups is 5. The standard InChI is InChI=1S/C18H17N5O3S.C18H19N5O3S.C16H16N6O3S.C15H14N6O3S.C15H15N5O3S/c24-15(20-12-5-3-11(4-6-12)13-7-8-19-23-13)14-16(25)21-18(22-17(14)26)27-9-10-1-2-10;1-10(2)9-27-18-21-16(25)14(17(26)22-18)15(24)20-12-5-3-11(4-6-12)13-7-8-19-23-13;1-8(2)26-16-20-14(24)11(15(25)21-16)13(23)19-10-5-3-9(4-6-10)12-17-7-18-22-12;1-2-25-15-19-13(23)10(14(24)20-15)12(22)18-9-5-3-8(4-6-9)11-16-7-17-21-11;1-17-10(6-16)8-3-2-4-9(5-8)18-13(21)12-14(22)19-11(7-24)20-15(12)23/h3-7,10H,1-2,8-9H2,(H,20,24)(H2,21,22,25,26);3-7,10H,8-9H2,1-2H3,(H,20,24)(H2,21,22,25,26);3-8H,1-2H3,(H,19,23)(H,17,18,22)(H2,20,21,24,25);3-6H,2,7H2,1H3,(H,18,22)(H2,19,20,23,24);2-6,24H,1,7,16H2,(H,18,21)(H2,19,20,22,23)/b;;;;10-6-. The van der Waals surface area contributed by atoms with Crippen LogP contribution in [-0.2, 0) is 5.75 Å². The molecular formula is C82H81N27O15S5. The second kappa shape index (κ2) is 45.2. The van der Waals surface area contributed by atoms with Crippen LogP contribution in [0.4, 0.5) is 28.4 Å². The first-order valence-corrected chi connectivity index (χ1v) is 43.2. The Balaban J connectivity index is 0.000000156. The van der Waals surface area contributed by atoms with E-state index >= 15 is 0 Å². The molecule has 0 saturated heterocycles. The third-order valence-corrected chi connectivity index (χ3v) is 21.8. The fourth-order valence-corrected chi connectivity index (χ4v) is 14.5. The zero-order valence-electron chi connectivity index (χ0n) is 68.8. The van der Waals surface area contributed by atoms with Crippen molar-refractivity contribution in [3.63, 3.8) is 0 Å². The Morgan fingerprint density at radius 1 is 0.527 bits per heavy atom. The first-order chi connectivity index (χ1) is 62.0. The Morgan fingerprint density at radius 2 is 0.946 bits per heavy atom. The van der Waals surface area contributed by atoms with Crippen LogP contribution in [0.3, 0.4) is 0 Å². The van der Waals surface area contributed by atoms with Crippen molar-refractivity contribution < 1.29 is 49.5 Å². The molecule has 0 atom stereocenters. The lowest BCUT2D eigenvalue weighted by Gasteiger charge is -2.08. The molecule has 0 radical (unpaired) electrons. The highest BCUT2D eigenvalue weighted by Gasteiger charge is 2.27. The number of azo groups is 3. The molecule has 4 aliphatic rings. The van der Waals surface area contributed by atoms with Crippen LogP contribution in [0.25, 0.3) is 28.5 Å². The lowest BCUT2D eigenvalue weighted by Crippen LogP contribution is -2.25. The Hall–Kier alpha value is -15.1. The summed E-state index contributed by atoms with van der Waals surface area (Å²) in [7, 11) is 0. The van der Waals surface area contributed by atoms with Crippen LogP contribution in [0.15, 0.2) is 231 Å². The third kappa shape index (κ3) is 26.5. The second-order valence-electron chi connectivity index (χ2n) is 27.8. The topological polar surface area (TPSA) is 642 Å². The molecule has 47 heteroatoms. The van der Waals surface area contributed by atoms with Gasteiger partial charge in [-0.25, -0.2) is 9.98 Å². The molecule has 0 bridgehead atoms. The molecule has 15 rings (SSSR count). The minimum atomic E-state index is -0.797. The normalized spacial score (nSPS) is 12.8. The molecule has 1 saturated carbocycles. The van der Waals surface area contributed by atoms with E-state index in [1.165, 1.54) is 72.4 Å². The molecule has 1 aliphatic carbocycles. The van der Waals surface area contributed by atoms with E-state index in [2.05, 4.69) is 152 Å². The fourth-order valence-electron chi connectivity index (χ4n) is 11.2. The van der Waals surface area contributed by atoms with E-state index < -0.39 is 115 Å². The molecule has 5 amide bonds. The summed E-state index contributed by atoms with van der Waals surface area (Å²) in [6.45, 7) is 14.6. The molecule has 3 aliphatic heterocycles. The Bertz CT molecular complexity index is 6380. The molecular weight excluding hydrogens is 1760 g/mol. The van der Waals surface area contributed by atoms with Gasteiger partial charge in [0.2, 0.25) is 29.4 Å². The number of aliphatic imine (C=N–C) groups is 2. The van der Waals surface area contributed by atoms with Crippen LogP contribution in [0, 0.1) is 11.8 Å². The minimum Gasteiger partial charge on any atom is -0.493 e. The predicted molar refractivity (Wildman–Crippen MR) is 492 cm³/mol. The van der Waals surface area contributed by atoms with Crippen LogP contribution in [0.1, 0.15) is 127 Å². The molecule has 664 valence electrons. The van der Waals surface area contributed by atoms with E-state index in [4.69, 9.17) is 5.73 Å². The van der Waals surface area contributed by atoms with Gasteiger partial charge in [0.05, 0.1) is 30.2 Å². The van der Waals surface area contributed by atoms with Crippen molar-refractivity contribution in [3.05, 3.63) is 254 Å². The average Bonchev–Trinajstić information content (AvgIpc) is 1.81. The van der Waals surface area contributed by atoms with Crippen molar-refractivity contribution in [2.24, 2.45) is 58.2 Å². The summed E-state index contributed by atoms with van der Waals surface area (Å²) in [6.07, 6.45) is 8.85. The lowest BCUT2D eigenvalue weighted by atomic mass is 10.1. The fraction of sp³-hybridized carbons (Fsp3) is 0.207. The minimum absolute atomic E-state index is 0.121. The number of nitrogens with one attached hydrogen (secondary N) is 11. The smallest absolute Gasteiger partial charge is 0.268 e. The van der Waals surface area contributed by atoms with Gasteiger partial charge in [-0.1, -0.05) is 118 Å². The number of anilines is 5. The summed E-state index contributed by atoms with van der Waals surface area (Å²) < 4.78 is 0. The Kier molecular flexibility index (Phi) is 33.1. The molecule has 129 heavy (non-hydrogen) atoms. The predicted octanol–water partition coefficient (Wildman–Crippen LogP) is 11.5. The van der Waals surface area contributed by atoms with Gasteiger partial charge in [0.15, 0.2) is 66.8 Å². The highest BCUT2D eigenvalue weighted by atomic mass is 32.2. The number of benzene rings is 5. The number of amidine groups is 1. The van der Waals surface area contributed by atoms with E-state index in [0.29, 0.717) is 93.9 Å². The van der Waals surface area contributed by atoms with E-state index in [1.54, 1.807) is 121 Å². The van der Waals surface area contributed by atoms with Crippen LogP contribution < -0.4 is 60.1 Å². The zero-order chi connectivity index (χ0) is 92.4. The number of hydrogen-bond donors (Lipinski definition) is 18. The van der Waals surface area contributed by atoms with E-state index in [-0.39, 0.29) is 32.3 Å². The SMILES string of the molecule is C=N/C(=C\N)c1cccc(NC(=O)c2c(O)nc(CS)[nH]c2=O)c1.CC(C)CSc1nc(O)c(C(=O)Nc2ccc(C3=CCN=N3)cc2)c(=O)[nH]1.CC(C)Sc1nc(O)c(C(=O)Nc2ccc(-c3ncn[nH]3)cc2)c(=O)[nH]1.CCSc1nc(O)c(C(=O)Nc2ccc(C3=NCN=N3)cc2)c(=O)[nH]1.O=C(Nc1ccc(C2=CCN=N2)cc1)c1c(O)nc(SCC2CC2)[nH]c1=O. The lowest BCUT2D eigenvalue weighted by molar-refractivity contribution is 0.101. The summed E-state index contributed by atoms with van der Waals surface area (Å²) in [5, 5.41) is 93.8. The number of hydrogen-bond acceptors (Lipinski definition) is 36. The van der Waals surface area contributed by atoms with E-state index in [9.17, 15) is 73.5 Å². The quantitative estimate of drug-likeness (QED) is 0.00984. The number of carbonyl (C=O) groups excluding carboxylic acids is 5. The van der Waals surface area contributed by atoms with Crippen LogP contribution in [0.2, 0.25) is 0 Å². The van der Waals surface area contributed by atoms with Crippen LogP contribution in [-0.4, -0.2) is 175 Å². The maximum Gasteiger partial charge on any atom is 0.268 e. The van der Waals surface area contributed by atoms with Gasteiger partial charge in [0, 0.05) is 85.0 Å². The number of rotatable bonds is 27. The van der Waals surface area contributed by atoms with Gasteiger partial charge in [-0.2, -0.15) is 68.2 Å². The number of aromatic hydroxyl groups is 5. The summed E-state index contributed by atoms with van der Waals surface area (Å²) in [6, 6.07) is 34.1. The van der Waals surface area contributed by atoms with Crippen molar-refractivity contribution in [1.29, 1.82) is 0 Å². The van der Waals surface area contributed by atoms with E-state index in [0.717, 1.165) is 45.2 Å². The van der Waals surface area contributed by atoms with Gasteiger partial charge in [-0.05, 0) is 134 Å². The number of nitrogens with two attached hydrogens (primary N) is 1. The molecule has 1 fully saturated rings. The largest absolute Gasteiger partial charge is 0.493 e. The van der Waals surface area contributed by atoms with Gasteiger partial charge in [0.1, 0.15) is 12.2 Å². The second-order valence-corrected chi connectivity index (χ2v) is 33.0. The first-order valence-electron chi connectivity index (χ1n) is 38.8. The maximum absolute atomic E-state index is 12.4. The Labute approximate surface area is 752 Å². The van der Waals surface area contributed by atoms with Gasteiger partial charge >= 0.3 is 0 Å². The van der Waals surface area contributed by atoms with Gasteiger partial charge < -0.3 is 82.8 Å². The number of thioether (sulfide) groups is 4. The zero-order valence-corrected chi connectivity index (χ0v) is 73.0. The van der Waals surface area contributed by atoms with Crippen LogP contribution in [0.5, 0.6) is 29.4 Å². The number of aromatic nitrogens is 13. The number of amides is 5. The van der Waals surface area contributed by atoms with Gasteiger partial charge in [-0.3, -0.25) is 58.0 Å². The number of aromatic amines is 6. The maximum atomic E-state index is 12.4. The molecule has 5 aromatic carbocycles. The number of H-pyrrole nitrogens is 6. The molecule has 18 N–H and O–H groups in total. The van der Waals surface area contributed by atoms with Crippen molar-refractivity contribution in [2.75, 3.05) is 63.6 Å². The number of nitrogens with zero attached hydrogens (tertiary/aromatic N) is 15. The average molecular weight is 1850 g/mol. The highest BCUT2D eigenvalue weighted by Crippen LogP contribution is 2.35. The summed E-state index contributed by atoms with van der Waals surface area (Å²) >= 11 is 9.17. The van der Waals surface area contributed by atoms with Crippen LogP contribution >= 0.6 is 59.7 Å². The van der Waals surface area contributed by atoms with E-state index in [1.807, 2.05) is 46.8 Å². The van der Waals surface area contributed by atoms with Crippen molar-refractivity contribution >= 4 is 147 Å². The summed E-state index contributed by atoms with van der Waals surface area (Å²) in [5.74, 6) is -2.05. The molecule has 0 unspecified atom stereocenters. The summed E-state index contributed by atoms with van der Waals surface area (Å²) in [5.41, 5.74) is 8.01. The van der Waals surface area contributed by atoms with Gasteiger partial charge in [-0.15, -0.1) is 5.11 Å². The van der Waals surface area contributed by atoms with Crippen molar-refractivity contribution in [3.8, 4) is 40.8 Å². The first kappa shape index (κ1) is 94.6.